The Bertz CT molecular complexity index is 1440. The number of carbonyl (C=O) groups excluding carboxylic acids is 2. The minimum Gasteiger partial charge on any atom is -0.497 e. The van der Waals surface area contributed by atoms with Gasteiger partial charge >= 0.3 is 0 Å². The monoisotopic (exact) mass is 558 g/mol. The number of nitrogens with zero attached hydrogens (tertiary/aromatic N) is 3. The Balaban J connectivity index is 1.69. The minimum atomic E-state index is -1.03. The van der Waals surface area contributed by atoms with Crippen molar-refractivity contribution >= 4 is 29.3 Å². The molecule has 0 spiro atoms. The van der Waals surface area contributed by atoms with Crippen LogP contribution in [0.15, 0.2) is 84.0 Å². The third kappa shape index (κ3) is 7.66. The number of aromatic nitrogens is 2. The van der Waals surface area contributed by atoms with E-state index in [1.54, 1.807) is 31.4 Å². The number of methoxy groups -OCH3 is 1. The first kappa shape index (κ1) is 28.8. The highest BCUT2D eigenvalue weighted by Crippen LogP contribution is 2.28. The van der Waals surface area contributed by atoms with E-state index in [1.165, 1.54) is 40.9 Å². The number of ether oxygens (including phenoxy) is 1. The van der Waals surface area contributed by atoms with E-state index in [4.69, 9.17) is 4.74 Å². The van der Waals surface area contributed by atoms with Gasteiger partial charge in [-0.25, -0.2) is 14.4 Å². The van der Waals surface area contributed by atoms with Crippen LogP contribution in [0.4, 0.5) is 10.1 Å². The third-order valence-corrected chi connectivity index (χ3v) is 7.02. The lowest BCUT2D eigenvalue weighted by molar-refractivity contribution is -0.137. The lowest BCUT2D eigenvalue weighted by Gasteiger charge is -2.31. The molecule has 1 heterocycles. The van der Waals surface area contributed by atoms with Crippen LogP contribution in [0.3, 0.4) is 0 Å². The van der Waals surface area contributed by atoms with Crippen LogP contribution in [0.1, 0.15) is 34.1 Å². The molecule has 4 rings (SSSR count). The number of anilines is 1. The SMILES string of the molecule is COc1ccc(NC(=O)C(c2ccc(F)cc2)N(Cc2ccc(C)cc2)C(=O)CSc2nc(C)cc(C)n2)cc1. The molecular weight excluding hydrogens is 527 g/mol. The molecule has 2 amide bonds. The lowest BCUT2D eigenvalue weighted by atomic mass is 10.0. The second-order valence-electron chi connectivity index (χ2n) is 9.40. The Morgan fingerprint density at radius 1 is 0.925 bits per heavy atom. The van der Waals surface area contributed by atoms with E-state index in [0.717, 1.165) is 22.5 Å². The summed E-state index contributed by atoms with van der Waals surface area (Å²) >= 11 is 1.21. The van der Waals surface area contributed by atoms with E-state index in [2.05, 4.69) is 15.3 Å². The highest BCUT2D eigenvalue weighted by Gasteiger charge is 2.32. The summed E-state index contributed by atoms with van der Waals surface area (Å²) in [7, 11) is 1.56. The highest BCUT2D eigenvalue weighted by molar-refractivity contribution is 7.99. The molecule has 0 radical (unpaired) electrons. The van der Waals surface area contributed by atoms with Gasteiger partial charge in [-0.15, -0.1) is 0 Å². The summed E-state index contributed by atoms with van der Waals surface area (Å²) in [5.74, 6) is -0.480. The molecule has 0 aliphatic heterocycles. The average molecular weight is 559 g/mol. The summed E-state index contributed by atoms with van der Waals surface area (Å²) in [5.41, 5.74) is 4.58. The van der Waals surface area contributed by atoms with Gasteiger partial charge in [0.15, 0.2) is 5.16 Å². The Hall–Kier alpha value is -4.24. The number of benzene rings is 3. The van der Waals surface area contributed by atoms with Gasteiger partial charge in [-0.1, -0.05) is 53.7 Å². The van der Waals surface area contributed by atoms with Crippen LogP contribution >= 0.6 is 11.8 Å². The smallest absolute Gasteiger partial charge is 0.251 e. The van der Waals surface area contributed by atoms with Crippen LogP contribution in [-0.4, -0.2) is 39.5 Å². The first-order chi connectivity index (χ1) is 19.2. The predicted molar refractivity (Wildman–Crippen MR) is 155 cm³/mol. The number of amides is 2. The van der Waals surface area contributed by atoms with E-state index in [1.807, 2.05) is 51.1 Å². The fraction of sp³-hybridized carbons (Fsp3) is 0.226. The molecule has 40 heavy (non-hydrogen) atoms. The molecule has 0 bridgehead atoms. The van der Waals surface area contributed by atoms with E-state index in [0.29, 0.717) is 22.2 Å². The normalized spacial score (nSPS) is 11.5. The largest absolute Gasteiger partial charge is 0.497 e. The first-order valence-corrected chi connectivity index (χ1v) is 13.7. The van der Waals surface area contributed by atoms with Crippen LogP contribution in [0.25, 0.3) is 0 Å². The average Bonchev–Trinajstić information content (AvgIpc) is 2.93. The maximum atomic E-state index is 13.9. The number of carbonyl (C=O) groups is 2. The Kier molecular flexibility index (Phi) is 9.50. The zero-order chi connectivity index (χ0) is 28.6. The molecule has 0 saturated carbocycles. The van der Waals surface area contributed by atoms with E-state index >= 15 is 0 Å². The topological polar surface area (TPSA) is 84.4 Å². The highest BCUT2D eigenvalue weighted by atomic mass is 32.2. The molecule has 206 valence electrons. The number of hydrogen-bond acceptors (Lipinski definition) is 6. The van der Waals surface area contributed by atoms with E-state index in [9.17, 15) is 14.0 Å². The van der Waals surface area contributed by atoms with Gasteiger partial charge in [0, 0.05) is 23.6 Å². The van der Waals surface area contributed by atoms with Gasteiger partial charge in [-0.3, -0.25) is 9.59 Å². The van der Waals surface area contributed by atoms with E-state index in [-0.39, 0.29) is 18.2 Å². The van der Waals surface area contributed by atoms with Crippen molar-refractivity contribution in [2.75, 3.05) is 18.2 Å². The molecular formula is C31H31FN4O3S. The zero-order valence-electron chi connectivity index (χ0n) is 22.8. The summed E-state index contributed by atoms with van der Waals surface area (Å²) in [6.07, 6.45) is 0. The van der Waals surface area contributed by atoms with Crippen LogP contribution < -0.4 is 10.1 Å². The molecule has 3 aromatic carbocycles. The van der Waals surface area contributed by atoms with Gasteiger partial charge in [0.05, 0.1) is 12.9 Å². The Labute approximate surface area is 237 Å². The number of rotatable bonds is 10. The van der Waals surface area contributed by atoms with Crippen LogP contribution in [-0.2, 0) is 16.1 Å². The molecule has 1 atom stereocenters. The molecule has 4 aromatic rings. The Morgan fingerprint density at radius 2 is 1.55 bits per heavy atom. The van der Waals surface area contributed by atoms with Crippen molar-refractivity contribution < 1.29 is 18.7 Å². The number of hydrogen-bond donors (Lipinski definition) is 1. The number of halogens is 1. The van der Waals surface area contributed by atoms with Crippen molar-refractivity contribution in [2.45, 2.75) is 38.5 Å². The van der Waals surface area contributed by atoms with Gasteiger partial charge in [0.25, 0.3) is 5.91 Å². The van der Waals surface area contributed by atoms with Gasteiger partial charge in [-0.05, 0) is 74.4 Å². The van der Waals surface area contributed by atoms with Crippen molar-refractivity contribution in [1.82, 2.24) is 14.9 Å². The molecule has 1 N–H and O–H groups in total. The van der Waals surface area contributed by atoms with Crippen LogP contribution in [0.2, 0.25) is 0 Å². The molecule has 1 aromatic heterocycles. The number of aryl methyl sites for hydroxylation is 3. The van der Waals surface area contributed by atoms with Gasteiger partial charge in [0.2, 0.25) is 5.91 Å². The number of nitrogens with one attached hydrogen (secondary N) is 1. The Morgan fingerprint density at radius 3 is 2.15 bits per heavy atom. The van der Waals surface area contributed by atoms with Crippen molar-refractivity contribution in [3.8, 4) is 5.75 Å². The van der Waals surface area contributed by atoms with Crippen LogP contribution in [0.5, 0.6) is 5.75 Å². The zero-order valence-corrected chi connectivity index (χ0v) is 23.7. The van der Waals surface area contributed by atoms with Crippen molar-refractivity contribution in [3.05, 3.63) is 113 Å². The maximum Gasteiger partial charge on any atom is 0.251 e. The fourth-order valence-corrected chi connectivity index (χ4v) is 5.02. The molecule has 1 unspecified atom stereocenters. The lowest BCUT2D eigenvalue weighted by Crippen LogP contribution is -2.41. The van der Waals surface area contributed by atoms with Gasteiger partial charge in [-0.2, -0.15) is 0 Å². The fourth-order valence-electron chi connectivity index (χ4n) is 4.18. The maximum absolute atomic E-state index is 13.9. The minimum absolute atomic E-state index is 0.0161. The second-order valence-corrected chi connectivity index (χ2v) is 10.3. The van der Waals surface area contributed by atoms with E-state index < -0.39 is 17.8 Å². The van der Waals surface area contributed by atoms with Crippen LogP contribution in [0, 0.1) is 26.6 Å². The molecule has 0 aliphatic carbocycles. The van der Waals surface area contributed by atoms with Gasteiger partial charge < -0.3 is 15.0 Å². The van der Waals surface area contributed by atoms with Crippen molar-refractivity contribution in [1.29, 1.82) is 0 Å². The molecule has 0 fully saturated rings. The molecule has 7 nitrogen and oxygen atoms in total. The molecule has 0 saturated heterocycles. The summed E-state index contributed by atoms with van der Waals surface area (Å²) in [5, 5.41) is 3.40. The van der Waals surface area contributed by atoms with Crippen molar-refractivity contribution in [2.24, 2.45) is 0 Å². The summed E-state index contributed by atoms with van der Waals surface area (Å²) in [6.45, 7) is 5.90. The number of thioether (sulfide) groups is 1. The molecule has 9 heteroatoms. The van der Waals surface area contributed by atoms with Gasteiger partial charge in [0.1, 0.15) is 17.6 Å². The second kappa shape index (κ2) is 13.2. The summed E-state index contributed by atoms with van der Waals surface area (Å²) in [6, 6.07) is 21.2. The quantitative estimate of drug-likeness (QED) is 0.188. The predicted octanol–water partition coefficient (Wildman–Crippen LogP) is 6.05. The summed E-state index contributed by atoms with van der Waals surface area (Å²) < 4.78 is 19.1. The van der Waals surface area contributed by atoms with Crippen molar-refractivity contribution in [3.63, 3.8) is 0 Å². The summed E-state index contributed by atoms with van der Waals surface area (Å²) in [4.78, 5) is 38.1. The molecule has 0 aliphatic rings. The standard InChI is InChI=1S/C31H31FN4O3S/c1-20-5-7-23(8-6-20)18-36(28(37)19-40-31-33-21(2)17-22(3)34-31)29(24-9-11-25(32)12-10-24)30(38)35-26-13-15-27(39-4)16-14-26/h5-17,29H,18-19H2,1-4H3,(H,35,38). The third-order valence-electron chi connectivity index (χ3n) is 6.18. The first-order valence-electron chi connectivity index (χ1n) is 12.7.